The molecule has 1 unspecified atom stereocenters. The minimum absolute atomic E-state index is 0.734. The van der Waals surface area contributed by atoms with E-state index in [1.165, 1.54) is 18.4 Å². The lowest BCUT2D eigenvalue weighted by atomic mass is 10.1. The summed E-state index contributed by atoms with van der Waals surface area (Å²) >= 11 is 2.45. The molecule has 1 aliphatic rings. The molecular weight excluding hydrogens is 223 g/mol. The fourth-order valence-electron chi connectivity index (χ4n) is 0.901. The van der Waals surface area contributed by atoms with Crippen molar-refractivity contribution in [2.24, 2.45) is 0 Å². The highest BCUT2D eigenvalue weighted by Crippen LogP contribution is 2.18. The molecule has 0 nitrogen and oxygen atoms in total. The van der Waals surface area contributed by atoms with Crippen molar-refractivity contribution < 1.29 is 0 Å². The van der Waals surface area contributed by atoms with Crippen LogP contribution in [0.25, 0.3) is 0 Å². The number of halogens is 1. The van der Waals surface area contributed by atoms with Crippen LogP contribution in [0.5, 0.6) is 0 Å². The van der Waals surface area contributed by atoms with Crippen molar-refractivity contribution in [3.8, 4) is 0 Å². The maximum Gasteiger partial charge on any atom is 0.0327 e. The molecular formula is C8H11I. The Hall–Kier alpha value is 0.210. The molecule has 0 aromatic rings. The molecule has 0 saturated heterocycles. The van der Waals surface area contributed by atoms with Crippen LogP contribution in [0.3, 0.4) is 0 Å². The van der Waals surface area contributed by atoms with Gasteiger partial charge in [0.2, 0.25) is 0 Å². The summed E-state index contributed by atoms with van der Waals surface area (Å²) in [5.41, 5.74) is 1.49. The predicted octanol–water partition coefficient (Wildman–Crippen LogP) is 3.09. The second kappa shape index (κ2) is 3.40. The SMILES string of the molecule is CCC1=CCC(I)C=C1. The highest BCUT2D eigenvalue weighted by molar-refractivity contribution is 14.1. The summed E-state index contributed by atoms with van der Waals surface area (Å²) in [6.07, 6.45) is 9.25. The molecule has 0 heterocycles. The molecule has 1 aliphatic carbocycles. The maximum atomic E-state index is 2.45. The summed E-state index contributed by atoms with van der Waals surface area (Å²) in [4.78, 5) is 0. The van der Waals surface area contributed by atoms with Crippen LogP contribution in [-0.4, -0.2) is 3.92 Å². The molecule has 0 saturated carbocycles. The summed E-state index contributed by atoms with van der Waals surface area (Å²) in [6.45, 7) is 2.20. The van der Waals surface area contributed by atoms with E-state index in [0.29, 0.717) is 0 Å². The molecule has 1 atom stereocenters. The Bertz CT molecular complexity index is 145. The third-order valence-electron chi connectivity index (χ3n) is 1.53. The molecule has 0 aliphatic heterocycles. The smallest absolute Gasteiger partial charge is 0.0327 e. The first kappa shape index (κ1) is 7.32. The predicted molar refractivity (Wildman–Crippen MR) is 49.9 cm³/mol. The molecule has 1 rings (SSSR count). The third-order valence-corrected chi connectivity index (χ3v) is 2.46. The molecule has 0 amide bonds. The second-order valence-electron chi connectivity index (χ2n) is 2.24. The maximum absolute atomic E-state index is 2.45. The van der Waals surface area contributed by atoms with Crippen LogP contribution in [0.15, 0.2) is 23.8 Å². The first-order valence-electron chi connectivity index (χ1n) is 3.34. The molecule has 1 heteroatoms. The van der Waals surface area contributed by atoms with Gasteiger partial charge in [0.05, 0.1) is 0 Å². The highest BCUT2D eigenvalue weighted by Gasteiger charge is 2.01. The van der Waals surface area contributed by atoms with Crippen molar-refractivity contribution in [3.63, 3.8) is 0 Å². The van der Waals surface area contributed by atoms with E-state index >= 15 is 0 Å². The van der Waals surface area contributed by atoms with Gasteiger partial charge in [-0.1, -0.05) is 53.3 Å². The molecule has 9 heavy (non-hydrogen) atoms. The molecule has 0 aromatic carbocycles. The number of rotatable bonds is 1. The van der Waals surface area contributed by atoms with Gasteiger partial charge in [0.15, 0.2) is 0 Å². The van der Waals surface area contributed by atoms with Crippen LogP contribution in [0.4, 0.5) is 0 Å². The number of hydrogen-bond donors (Lipinski definition) is 0. The number of hydrogen-bond acceptors (Lipinski definition) is 0. The summed E-state index contributed by atoms with van der Waals surface area (Å²) in [5, 5.41) is 0. The summed E-state index contributed by atoms with van der Waals surface area (Å²) in [7, 11) is 0. The van der Waals surface area contributed by atoms with E-state index in [0.717, 1.165) is 3.92 Å². The van der Waals surface area contributed by atoms with Gasteiger partial charge in [0.25, 0.3) is 0 Å². The van der Waals surface area contributed by atoms with Crippen molar-refractivity contribution >= 4 is 22.6 Å². The van der Waals surface area contributed by atoms with E-state index in [1.807, 2.05) is 0 Å². The van der Waals surface area contributed by atoms with E-state index in [1.54, 1.807) is 0 Å². The van der Waals surface area contributed by atoms with Gasteiger partial charge in [-0.15, -0.1) is 0 Å². The van der Waals surface area contributed by atoms with Crippen LogP contribution in [0.1, 0.15) is 19.8 Å². The average Bonchev–Trinajstić information content (AvgIpc) is 1.90. The molecule has 0 N–H and O–H groups in total. The zero-order chi connectivity index (χ0) is 6.69. The van der Waals surface area contributed by atoms with E-state index in [9.17, 15) is 0 Å². The fraction of sp³-hybridized carbons (Fsp3) is 0.500. The number of alkyl halides is 1. The zero-order valence-electron chi connectivity index (χ0n) is 5.60. The minimum Gasteiger partial charge on any atom is -0.0800 e. The van der Waals surface area contributed by atoms with Crippen molar-refractivity contribution in [2.45, 2.75) is 23.7 Å². The lowest BCUT2D eigenvalue weighted by Gasteiger charge is -2.07. The van der Waals surface area contributed by atoms with Crippen LogP contribution in [0, 0.1) is 0 Å². The van der Waals surface area contributed by atoms with Gasteiger partial charge in [-0.25, -0.2) is 0 Å². The average molecular weight is 234 g/mol. The fourth-order valence-corrected chi connectivity index (χ4v) is 1.36. The summed E-state index contributed by atoms with van der Waals surface area (Å²) in [5.74, 6) is 0. The Morgan fingerprint density at radius 2 is 2.56 bits per heavy atom. The first-order valence-corrected chi connectivity index (χ1v) is 4.59. The lowest BCUT2D eigenvalue weighted by molar-refractivity contribution is 1.02. The molecule has 50 valence electrons. The molecule has 0 fully saturated rings. The highest BCUT2D eigenvalue weighted by atomic mass is 127. The zero-order valence-corrected chi connectivity index (χ0v) is 7.76. The normalized spacial score (nSPS) is 26.0. The van der Waals surface area contributed by atoms with Gasteiger partial charge in [0.1, 0.15) is 0 Å². The van der Waals surface area contributed by atoms with Gasteiger partial charge in [-0.2, -0.15) is 0 Å². The Morgan fingerprint density at radius 1 is 1.78 bits per heavy atom. The van der Waals surface area contributed by atoms with Crippen molar-refractivity contribution in [1.29, 1.82) is 0 Å². The monoisotopic (exact) mass is 234 g/mol. The Kier molecular flexibility index (Phi) is 2.76. The van der Waals surface area contributed by atoms with Crippen LogP contribution < -0.4 is 0 Å². The van der Waals surface area contributed by atoms with Gasteiger partial charge < -0.3 is 0 Å². The minimum atomic E-state index is 0.734. The quantitative estimate of drug-likeness (QED) is 0.483. The van der Waals surface area contributed by atoms with Gasteiger partial charge in [0, 0.05) is 3.92 Å². The van der Waals surface area contributed by atoms with Gasteiger partial charge in [-0.3, -0.25) is 0 Å². The van der Waals surface area contributed by atoms with Crippen molar-refractivity contribution in [3.05, 3.63) is 23.8 Å². The molecule has 0 spiro atoms. The molecule has 0 aromatic heterocycles. The Labute approximate surface area is 70.2 Å². The largest absolute Gasteiger partial charge is 0.0800 e. The Balaban J connectivity index is 2.52. The first-order chi connectivity index (χ1) is 4.33. The molecule has 0 radical (unpaired) electrons. The van der Waals surface area contributed by atoms with E-state index in [2.05, 4.69) is 47.7 Å². The summed E-state index contributed by atoms with van der Waals surface area (Å²) in [6, 6.07) is 0. The van der Waals surface area contributed by atoms with E-state index < -0.39 is 0 Å². The van der Waals surface area contributed by atoms with E-state index in [-0.39, 0.29) is 0 Å². The van der Waals surface area contributed by atoms with Crippen LogP contribution in [0.2, 0.25) is 0 Å². The van der Waals surface area contributed by atoms with E-state index in [4.69, 9.17) is 0 Å². The van der Waals surface area contributed by atoms with Crippen LogP contribution >= 0.6 is 22.6 Å². The van der Waals surface area contributed by atoms with Gasteiger partial charge >= 0.3 is 0 Å². The lowest BCUT2D eigenvalue weighted by Crippen LogP contribution is -1.95. The topological polar surface area (TPSA) is 0 Å². The van der Waals surface area contributed by atoms with Crippen molar-refractivity contribution in [2.75, 3.05) is 0 Å². The second-order valence-corrected chi connectivity index (χ2v) is 3.84. The van der Waals surface area contributed by atoms with Crippen molar-refractivity contribution in [1.82, 2.24) is 0 Å². The summed E-state index contributed by atoms with van der Waals surface area (Å²) < 4.78 is 0.734. The third kappa shape index (κ3) is 2.12. The van der Waals surface area contributed by atoms with Gasteiger partial charge in [-0.05, 0) is 12.8 Å². The standard InChI is InChI=1S/C8H11I/c1-2-7-3-5-8(9)6-4-7/h3-5,8H,2,6H2,1H3. The number of allylic oxidation sites excluding steroid dienone is 4. The van der Waals surface area contributed by atoms with Crippen LogP contribution in [-0.2, 0) is 0 Å². The molecule has 0 bridgehead atoms. The Morgan fingerprint density at radius 3 is 3.00 bits per heavy atom.